The molecular weight excluding hydrogens is 216 g/mol. The van der Waals surface area contributed by atoms with Gasteiger partial charge < -0.3 is 21.3 Å². The van der Waals surface area contributed by atoms with Crippen LogP contribution in [-0.4, -0.2) is 40.1 Å². The maximum absolute atomic E-state index is 11.2. The minimum absolute atomic E-state index is 0.0166. The van der Waals surface area contributed by atoms with Crippen LogP contribution in [0.3, 0.4) is 0 Å². The number of carboxylic acid groups (broad SMARTS) is 2. The Balaban J connectivity index is 3.99. The molecule has 16 heavy (non-hydrogen) atoms. The fourth-order valence-electron chi connectivity index (χ4n) is 1.01. The van der Waals surface area contributed by atoms with Crippen LogP contribution in [0.1, 0.15) is 26.2 Å². The second-order valence-electron chi connectivity index (χ2n) is 3.35. The normalized spacial score (nSPS) is 13.9. The Bertz CT molecular complexity index is 279. The monoisotopic (exact) mass is 232 g/mol. The Morgan fingerprint density at radius 1 is 1.25 bits per heavy atom. The highest BCUT2D eigenvalue weighted by Crippen LogP contribution is 1.97. The lowest BCUT2D eigenvalue weighted by molar-refractivity contribution is -0.142. The van der Waals surface area contributed by atoms with E-state index in [0.717, 1.165) is 0 Å². The molecule has 0 radical (unpaired) electrons. The first kappa shape index (κ1) is 14.4. The molecule has 0 aliphatic rings. The minimum Gasteiger partial charge on any atom is -0.480 e. The lowest BCUT2D eigenvalue weighted by Gasteiger charge is -2.12. The van der Waals surface area contributed by atoms with Gasteiger partial charge in [0.05, 0.1) is 0 Å². The Morgan fingerprint density at radius 3 is 2.19 bits per heavy atom. The number of carbonyl (C=O) groups excluding carboxylic acids is 1. The van der Waals surface area contributed by atoms with E-state index in [1.165, 1.54) is 0 Å². The maximum atomic E-state index is 11.2. The number of nitrogens with two attached hydrogens (primary N) is 1. The summed E-state index contributed by atoms with van der Waals surface area (Å²) in [7, 11) is 0. The predicted molar refractivity (Wildman–Crippen MR) is 54.7 cm³/mol. The molecular formula is C9H16N2O5. The summed E-state index contributed by atoms with van der Waals surface area (Å²) >= 11 is 0. The Hall–Kier alpha value is -1.63. The SMILES string of the molecule is CCC(NC(=O)CCC(N)C(=O)O)C(=O)O. The van der Waals surface area contributed by atoms with Crippen LogP contribution in [0.15, 0.2) is 0 Å². The number of rotatable bonds is 7. The first-order valence-electron chi connectivity index (χ1n) is 4.89. The number of carbonyl (C=O) groups is 3. The summed E-state index contributed by atoms with van der Waals surface area (Å²) in [5, 5.41) is 19.4. The second-order valence-corrected chi connectivity index (χ2v) is 3.35. The van der Waals surface area contributed by atoms with Crippen molar-refractivity contribution in [3.8, 4) is 0 Å². The number of aliphatic carboxylic acids is 2. The Morgan fingerprint density at radius 2 is 1.81 bits per heavy atom. The second kappa shape index (κ2) is 6.78. The molecule has 0 aromatic rings. The van der Waals surface area contributed by atoms with Gasteiger partial charge in [-0.25, -0.2) is 4.79 Å². The summed E-state index contributed by atoms with van der Waals surface area (Å²) in [6, 6.07) is -2.04. The van der Waals surface area contributed by atoms with Gasteiger partial charge in [0.1, 0.15) is 12.1 Å². The molecule has 92 valence electrons. The molecule has 2 atom stereocenters. The number of carboxylic acids is 2. The van der Waals surface area contributed by atoms with Crippen molar-refractivity contribution in [2.75, 3.05) is 0 Å². The van der Waals surface area contributed by atoms with Gasteiger partial charge in [0, 0.05) is 6.42 Å². The first-order valence-corrected chi connectivity index (χ1v) is 4.89. The fraction of sp³-hybridized carbons (Fsp3) is 0.667. The van der Waals surface area contributed by atoms with Crippen molar-refractivity contribution >= 4 is 17.8 Å². The van der Waals surface area contributed by atoms with Gasteiger partial charge in [0.2, 0.25) is 5.91 Å². The van der Waals surface area contributed by atoms with Gasteiger partial charge in [-0.05, 0) is 12.8 Å². The van der Waals surface area contributed by atoms with Gasteiger partial charge in [-0.3, -0.25) is 9.59 Å². The van der Waals surface area contributed by atoms with E-state index >= 15 is 0 Å². The maximum Gasteiger partial charge on any atom is 0.326 e. The lowest BCUT2D eigenvalue weighted by atomic mass is 10.1. The molecule has 0 spiro atoms. The van der Waals surface area contributed by atoms with Crippen molar-refractivity contribution in [2.24, 2.45) is 5.73 Å². The number of hydrogen-bond acceptors (Lipinski definition) is 4. The molecule has 7 nitrogen and oxygen atoms in total. The molecule has 0 bridgehead atoms. The van der Waals surface area contributed by atoms with E-state index in [9.17, 15) is 14.4 Å². The van der Waals surface area contributed by atoms with Crippen LogP contribution in [-0.2, 0) is 14.4 Å². The van der Waals surface area contributed by atoms with Crippen LogP contribution < -0.4 is 11.1 Å². The number of amides is 1. The van der Waals surface area contributed by atoms with Crippen LogP contribution in [0.5, 0.6) is 0 Å². The third-order valence-corrected chi connectivity index (χ3v) is 2.04. The molecule has 0 aliphatic carbocycles. The molecule has 0 fully saturated rings. The molecule has 2 unspecified atom stereocenters. The van der Waals surface area contributed by atoms with Crippen LogP contribution in [0.25, 0.3) is 0 Å². The largest absolute Gasteiger partial charge is 0.480 e. The van der Waals surface area contributed by atoms with Crippen molar-refractivity contribution in [3.63, 3.8) is 0 Å². The summed E-state index contributed by atoms with van der Waals surface area (Å²) in [5.41, 5.74) is 5.19. The van der Waals surface area contributed by atoms with E-state index in [1.54, 1.807) is 6.92 Å². The highest BCUT2D eigenvalue weighted by molar-refractivity contribution is 5.84. The molecule has 0 aromatic heterocycles. The van der Waals surface area contributed by atoms with Crippen molar-refractivity contribution in [3.05, 3.63) is 0 Å². The standard InChI is InChI=1S/C9H16N2O5/c1-2-6(9(15)16)11-7(12)4-3-5(10)8(13)14/h5-6H,2-4,10H2,1H3,(H,11,12)(H,13,14)(H,15,16). The zero-order valence-electron chi connectivity index (χ0n) is 8.97. The van der Waals surface area contributed by atoms with E-state index in [0.29, 0.717) is 0 Å². The lowest BCUT2D eigenvalue weighted by Crippen LogP contribution is -2.41. The molecule has 0 saturated heterocycles. The molecule has 1 amide bonds. The van der Waals surface area contributed by atoms with E-state index in [-0.39, 0.29) is 19.3 Å². The van der Waals surface area contributed by atoms with Crippen LogP contribution in [0, 0.1) is 0 Å². The van der Waals surface area contributed by atoms with Crippen LogP contribution in [0.2, 0.25) is 0 Å². The highest BCUT2D eigenvalue weighted by atomic mass is 16.4. The van der Waals surface area contributed by atoms with Crippen molar-refractivity contribution < 1.29 is 24.6 Å². The number of hydrogen-bond donors (Lipinski definition) is 4. The average molecular weight is 232 g/mol. The van der Waals surface area contributed by atoms with Gasteiger partial charge in [-0.2, -0.15) is 0 Å². The molecule has 0 aromatic carbocycles. The van der Waals surface area contributed by atoms with Crippen LogP contribution >= 0.6 is 0 Å². The zero-order chi connectivity index (χ0) is 12.7. The predicted octanol–water partition coefficient (Wildman–Crippen LogP) is -0.842. The molecule has 0 saturated carbocycles. The van der Waals surface area contributed by atoms with Gasteiger partial charge >= 0.3 is 11.9 Å². The van der Waals surface area contributed by atoms with Gasteiger partial charge in [-0.1, -0.05) is 6.92 Å². The summed E-state index contributed by atoms with van der Waals surface area (Å²) in [5.74, 6) is -2.80. The quantitative estimate of drug-likeness (QED) is 0.452. The minimum atomic E-state index is -1.18. The van der Waals surface area contributed by atoms with E-state index in [4.69, 9.17) is 15.9 Å². The summed E-state index contributed by atoms with van der Waals surface area (Å²) in [4.78, 5) is 32.1. The van der Waals surface area contributed by atoms with Crippen molar-refractivity contribution in [1.29, 1.82) is 0 Å². The molecule has 0 rings (SSSR count). The highest BCUT2D eigenvalue weighted by Gasteiger charge is 2.19. The third kappa shape index (κ3) is 5.30. The fourth-order valence-corrected chi connectivity index (χ4v) is 1.01. The zero-order valence-corrected chi connectivity index (χ0v) is 8.97. The first-order chi connectivity index (χ1) is 7.38. The smallest absolute Gasteiger partial charge is 0.326 e. The summed E-state index contributed by atoms with van der Waals surface area (Å²) < 4.78 is 0. The van der Waals surface area contributed by atoms with E-state index < -0.39 is 29.9 Å². The molecule has 0 heterocycles. The summed E-state index contributed by atoms with van der Waals surface area (Å²) in [6.07, 6.45) is 0.153. The van der Waals surface area contributed by atoms with Crippen LogP contribution in [0.4, 0.5) is 0 Å². The average Bonchev–Trinajstić information content (AvgIpc) is 2.21. The van der Waals surface area contributed by atoms with Gasteiger partial charge in [-0.15, -0.1) is 0 Å². The van der Waals surface area contributed by atoms with Crippen molar-refractivity contribution in [1.82, 2.24) is 5.32 Å². The van der Waals surface area contributed by atoms with Gasteiger partial charge in [0.25, 0.3) is 0 Å². The van der Waals surface area contributed by atoms with E-state index in [2.05, 4.69) is 5.32 Å². The Labute approximate surface area is 92.6 Å². The molecule has 0 aliphatic heterocycles. The third-order valence-electron chi connectivity index (χ3n) is 2.04. The molecule has 5 N–H and O–H groups in total. The topological polar surface area (TPSA) is 130 Å². The number of nitrogens with one attached hydrogen (secondary N) is 1. The molecule has 7 heteroatoms. The van der Waals surface area contributed by atoms with E-state index in [1.807, 2.05) is 0 Å². The summed E-state index contributed by atoms with van der Waals surface area (Å²) in [6.45, 7) is 1.63. The van der Waals surface area contributed by atoms with Gasteiger partial charge in [0.15, 0.2) is 0 Å². The van der Waals surface area contributed by atoms with Crippen molar-refractivity contribution in [2.45, 2.75) is 38.3 Å². The Kier molecular flexibility index (Phi) is 6.09.